The van der Waals surface area contributed by atoms with Gasteiger partial charge in [-0.15, -0.1) is 0 Å². The number of hydrogen-bond donors (Lipinski definition) is 1. The third-order valence-corrected chi connectivity index (χ3v) is 5.14. The van der Waals surface area contributed by atoms with Gasteiger partial charge in [0.1, 0.15) is 10.4 Å². The smallest absolute Gasteiger partial charge is 0.416 e. The first-order valence-electron chi connectivity index (χ1n) is 7.65. The third-order valence-electron chi connectivity index (χ3n) is 3.75. The first-order chi connectivity index (χ1) is 13.1. The molecule has 0 saturated heterocycles. The SMILES string of the molecule is COC(=O)c1ccc(C(F)(F)F)cc1NS(=O)(=O)c1cccc2nccnc12.[Zn]. The Hall–Kier alpha value is -2.59. The number of esters is 1. The molecule has 0 atom stereocenters. The predicted octanol–water partition coefficient (Wildman–Crippen LogP) is 3.23. The van der Waals surface area contributed by atoms with Gasteiger partial charge in [-0.2, -0.15) is 13.2 Å². The molecular formula is C17H12F3N3O4SZn. The number of benzene rings is 2. The number of fused-ring (bicyclic) bond motifs is 1. The van der Waals surface area contributed by atoms with Crippen LogP contribution in [0, 0.1) is 0 Å². The minimum Gasteiger partial charge on any atom is -0.465 e. The van der Waals surface area contributed by atoms with E-state index in [0.29, 0.717) is 12.1 Å². The summed E-state index contributed by atoms with van der Waals surface area (Å²) in [6.45, 7) is 0. The fraction of sp³-hybridized carbons (Fsp3) is 0.118. The Bertz CT molecular complexity index is 1160. The number of halogens is 3. The van der Waals surface area contributed by atoms with Gasteiger partial charge in [0.15, 0.2) is 0 Å². The summed E-state index contributed by atoms with van der Waals surface area (Å²) < 4.78 is 71.3. The molecule has 0 spiro atoms. The second-order valence-corrected chi connectivity index (χ2v) is 7.19. The summed E-state index contributed by atoms with van der Waals surface area (Å²) in [6, 6.07) is 6.21. The summed E-state index contributed by atoms with van der Waals surface area (Å²) in [6.07, 6.45) is -2.08. The van der Waals surface area contributed by atoms with Gasteiger partial charge in [-0.05, 0) is 30.3 Å². The Balaban J connectivity index is 0.00000300. The summed E-state index contributed by atoms with van der Waals surface area (Å²) in [7, 11) is -3.37. The van der Waals surface area contributed by atoms with Crippen LogP contribution < -0.4 is 4.72 Å². The van der Waals surface area contributed by atoms with E-state index in [4.69, 9.17) is 0 Å². The topological polar surface area (TPSA) is 98.2 Å². The fourth-order valence-corrected chi connectivity index (χ4v) is 3.71. The molecule has 1 aromatic heterocycles. The average Bonchev–Trinajstić information content (AvgIpc) is 2.65. The Labute approximate surface area is 176 Å². The largest absolute Gasteiger partial charge is 0.465 e. The normalized spacial score (nSPS) is 11.6. The number of nitrogens with one attached hydrogen (secondary N) is 1. The number of aromatic nitrogens is 2. The van der Waals surface area contributed by atoms with E-state index < -0.39 is 33.4 Å². The van der Waals surface area contributed by atoms with Gasteiger partial charge in [0.05, 0.1) is 29.4 Å². The molecule has 0 aliphatic rings. The van der Waals surface area contributed by atoms with Gasteiger partial charge >= 0.3 is 12.1 Å². The molecule has 7 nitrogen and oxygen atoms in total. The number of carbonyl (C=O) groups excluding carboxylic acids is 1. The van der Waals surface area contributed by atoms with Crippen molar-refractivity contribution in [2.75, 3.05) is 11.8 Å². The molecule has 148 valence electrons. The van der Waals surface area contributed by atoms with Crippen molar-refractivity contribution in [3.8, 4) is 0 Å². The number of carbonyl (C=O) groups is 1. The minimum absolute atomic E-state index is 0. The first-order valence-corrected chi connectivity index (χ1v) is 9.14. The molecule has 1 N–H and O–H groups in total. The van der Waals surface area contributed by atoms with Gasteiger partial charge in [0, 0.05) is 31.9 Å². The molecule has 3 rings (SSSR count). The zero-order valence-corrected chi connectivity index (χ0v) is 18.7. The monoisotopic (exact) mass is 475 g/mol. The number of nitrogens with zero attached hydrogens (tertiary/aromatic N) is 2. The summed E-state index contributed by atoms with van der Waals surface area (Å²) >= 11 is 0. The number of para-hydroxylation sites is 1. The second kappa shape index (κ2) is 8.42. The van der Waals surface area contributed by atoms with Crippen LogP contribution in [0.4, 0.5) is 18.9 Å². The van der Waals surface area contributed by atoms with Crippen LogP contribution in [-0.2, 0) is 40.4 Å². The summed E-state index contributed by atoms with van der Waals surface area (Å²) in [5.41, 5.74) is -1.75. The second-order valence-electron chi connectivity index (χ2n) is 5.54. The molecule has 0 saturated carbocycles. The van der Waals surface area contributed by atoms with E-state index in [1.54, 1.807) is 0 Å². The Morgan fingerprint density at radius 1 is 1.10 bits per heavy atom. The number of sulfonamides is 1. The van der Waals surface area contributed by atoms with E-state index in [-0.39, 0.29) is 41.0 Å². The molecule has 0 amide bonds. The van der Waals surface area contributed by atoms with Crippen molar-refractivity contribution < 1.29 is 50.6 Å². The van der Waals surface area contributed by atoms with Crippen molar-refractivity contribution in [2.24, 2.45) is 0 Å². The standard InChI is InChI=1S/C17H12F3N3O4S.Zn/c1-27-16(24)11-6-5-10(17(18,19)20)9-13(11)23-28(25,26)14-4-2-3-12-15(14)22-8-7-21-12;/h2-9,23H,1H3;. The Morgan fingerprint density at radius 3 is 2.45 bits per heavy atom. The quantitative estimate of drug-likeness (QED) is 0.458. The van der Waals surface area contributed by atoms with Crippen LogP contribution in [0.3, 0.4) is 0 Å². The van der Waals surface area contributed by atoms with Crippen molar-refractivity contribution in [1.29, 1.82) is 0 Å². The number of ether oxygens (including phenoxy) is 1. The number of anilines is 1. The molecule has 0 bridgehead atoms. The molecule has 0 aliphatic heterocycles. The average molecular weight is 477 g/mol. The number of hydrogen-bond acceptors (Lipinski definition) is 6. The van der Waals surface area contributed by atoms with E-state index in [0.717, 1.165) is 13.2 Å². The van der Waals surface area contributed by atoms with E-state index in [9.17, 15) is 26.4 Å². The maximum Gasteiger partial charge on any atom is 0.416 e. The maximum atomic E-state index is 13.0. The molecule has 29 heavy (non-hydrogen) atoms. The van der Waals surface area contributed by atoms with Crippen LogP contribution in [-0.4, -0.2) is 31.5 Å². The van der Waals surface area contributed by atoms with Crippen LogP contribution in [0.2, 0.25) is 0 Å². The molecule has 0 aliphatic carbocycles. The fourth-order valence-electron chi connectivity index (χ4n) is 2.48. The van der Waals surface area contributed by atoms with E-state index in [1.165, 1.54) is 30.6 Å². The maximum absolute atomic E-state index is 13.0. The van der Waals surface area contributed by atoms with Crippen LogP contribution in [0.25, 0.3) is 11.0 Å². The summed E-state index contributed by atoms with van der Waals surface area (Å²) in [5, 5.41) is 0. The molecule has 1 heterocycles. The predicted molar refractivity (Wildman–Crippen MR) is 93.1 cm³/mol. The van der Waals surface area contributed by atoms with Gasteiger partial charge < -0.3 is 4.74 Å². The Morgan fingerprint density at radius 2 is 1.79 bits per heavy atom. The van der Waals surface area contributed by atoms with Crippen molar-refractivity contribution in [3.05, 3.63) is 59.9 Å². The Kier molecular flexibility index (Phi) is 6.59. The van der Waals surface area contributed by atoms with Crippen molar-refractivity contribution in [2.45, 2.75) is 11.1 Å². The van der Waals surface area contributed by atoms with Gasteiger partial charge in [-0.25, -0.2) is 13.2 Å². The van der Waals surface area contributed by atoms with Crippen LogP contribution >= 0.6 is 0 Å². The molecule has 0 radical (unpaired) electrons. The van der Waals surface area contributed by atoms with Gasteiger partial charge in [0.2, 0.25) is 0 Å². The molecule has 12 heteroatoms. The minimum atomic E-state index is -4.74. The molecule has 0 fully saturated rings. The first kappa shape index (κ1) is 22.7. The third kappa shape index (κ3) is 4.71. The zero-order valence-electron chi connectivity index (χ0n) is 14.9. The van der Waals surface area contributed by atoms with Gasteiger partial charge in [0.25, 0.3) is 10.0 Å². The van der Waals surface area contributed by atoms with Crippen LogP contribution in [0.15, 0.2) is 53.7 Å². The zero-order chi connectivity index (χ0) is 20.5. The molecule has 3 aromatic rings. The van der Waals surface area contributed by atoms with Crippen molar-refractivity contribution >= 4 is 32.7 Å². The van der Waals surface area contributed by atoms with Crippen molar-refractivity contribution in [3.63, 3.8) is 0 Å². The molecule has 2 aromatic carbocycles. The van der Waals surface area contributed by atoms with E-state index in [2.05, 4.69) is 14.7 Å². The number of alkyl halides is 3. The summed E-state index contributed by atoms with van der Waals surface area (Å²) in [4.78, 5) is 19.5. The van der Waals surface area contributed by atoms with Gasteiger partial charge in [-0.1, -0.05) is 6.07 Å². The van der Waals surface area contributed by atoms with E-state index >= 15 is 0 Å². The van der Waals surface area contributed by atoms with Crippen LogP contribution in [0.1, 0.15) is 15.9 Å². The number of rotatable bonds is 4. The summed E-state index contributed by atoms with van der Waals surface area (Å²) in [5.74, 6) is -0.996. The van der Waals surface area contributed by atoms with Gasteiger partial charge in [-0.3, -0.25) is 14.7 Å². The number of methoxy groups -OCH3 is 1. The molecule has 0 unspecified atom stereocenters. The van der Waals surface area contributed by atoms with E-state index in [1.807, 2.05) is 4.72 Å². The van der Waals surface area contributed by atoms with Crippen molar-refractivity contribution in [1.82, 2.24) is 9.97 Å². The van der Waals surface area contributed by atoms with Crippen LogP contribution in [0.5, 0.6) is 0 Å². The molecular weight excluding hydrogens is 465 g/mol.